The number of benzene rings is 3. The molecular weight excluding hydrogens is 242 g/mol. The zero-order chi connectivity index (χ0) is 13.7. The van der Waals surface area contributed by atoms with Gasteiger partial charge in [-0.2, -0.15) is 0 Å². The lowest BCUT2D eigenvalue weighted by molar-refractivity contribution is 1.02. The Hall–Kier alpha value is -2.28. The molecule has 0 spiro atoms. The number of aryl methyl sites for hydroxylation is 3. The first-order chi connectivity index (χ1) is 9.72. The van der Waals surface area contributed by atoms with Crippen LogP contribution in [0.1, 0.15) is 16.7 Å². The van der Waals surface area contributed by atoms with Gasteiger partial charge in [-0.3, -0.25) is 0 Å². The normalized spacial score (nSPS) is 13.1. The van der Waals surface area contributed by atoms with Gasteiger partial charge in [0, 0.05) is 5.69 Å². The van der Waals surface area contributed by atoms with Gasteiger partial charge in [0.25, 0.3) is 0 Å². The van der Waals surface area contributed by atoms with E-state index in [2.05, 4.69) is 49.4 Å². The molecule has 0 aliphatic heterocycles. The van der Waals surface area contributed by atoms with Gasteiger partial charge in [0.2, 0.25) is 0 Å². The van der Waals surface area contributed by atoms with Crippen LogP contribution in [-0.2, 0) is 12.8 Å². The number of anilines is 1. The molecule has 0 aromatic heterocycles. The molecule has 3 aromatic rings. The number of nitrogens with two attached hydrogens (primary N) is 1. The molecule has 98 valence electrons. The monoisotopic (exact) mass is 259 g/mol. The third-order valence-electron chi connectivity index (χ3n) is 4.29. The molecule has 0 saturated heterocycles. The lowest BCUT2D eigenvalue weighted by Crippen LogP contribution is -1.89. The number of hydrogen-bond acceptors (Lipinski definition) is 1. The van der Waals surface area contributed by atoms with E-state index in [4.69, 9.17) is 5.73 Å². The van der Waals surface area contributed by atoms with Gasteiger partial charge in [-0.25, -0.2) is 0 Å². The SMILES string of the molecule is Cc1cc(N)cc(-c2ccc3c4c(cccc24)CC3)c1. The summed E-state index contributed by atoms with van der Waals surface area (Å²) in [7, 11) is 0. The predicted molar refractivity (Wildman–Crippen MR) is 85.9 cm³/mol. The zero-order valence-electron chi connectivity index (χ0n) is 11.6. The summed E-state index contributed by atoms with van der Waals surface area (Å²) >= 11 is 0. The molecule has 0 radical (unpaired) electrons. The van der Waals surface area contributed by atoms with Gasteiger partial charge in [-0.15, -0.1) is 0 Å². The molecule has 0 bridgehead atoms. The minimum Gasteiger partial charge on any atom is -0.399 e. The lowest BCUT2D eigenvalue weighted by Gasteiger charge is -2.11. The van der Waals surface area contributed by atoms with Crippen molar-refractivity contribution in [2.45, 2.75) is 19.8 Å². The molecule has 4 rings (SSSR count). The highest BCUT2D eigenvalue weighted by Crippen LogP contribution is 2.37. The maximum absolute atomic E-state index is 6.01. The highest BCUT2D eigenvalue weighted by atomic mass is 14.5. The van der Waals surface area contributed by atoms with Crippen molar-refractivity contribution in [1.29, 1.82) is 0 Å². The molecule has 1 aliphatic carbocycles. The van der Waals surface area contributed by atoms with Crippen molar-refractivity contribution in [3.8, 4) is 11.1 Å². The first kappa shape index (κ1) is 11.5. The fourth-order valence-corrected chi connectivity index (χ4v) is 3.47. The van der Waals surface area contributed by atoms with E-state index in [1.54, 1.807) is 0 Å². The topological polar surface area (TPSA) is 26.0 Å². The molecule has 1 aliphatic rings. The third kappa shape index (κ3) is 1.63. The Balaban J connectivity index is 2.06. The van der Waals surface area contributed by atoms with E-state index in [-0.39, 0.29) is 0 Å². The summed E-state index contributed by atoms with van der Waals surface area (Å²) in [5.74, 6) is 0. The van der Waals surface area contributed by atoms with Crippen LogP contribution in [0.3, 0.4) is 0 Å². The summed E-state index contributed by atoms with van der Waals surface area (Å²) < 4.78 is 0. The third-order valence-corrected chi connectivity index (χ3v) is 4.29. The maximum atomic E-state index is 6.01. The van der Waals surface area contributed by atoms with Crippen LogP contribution in [-0.4, -0.2) is 0 Å². The first-order valence-corrected chi connectivity index (χ1v) is 7.13. The first-order valence-electron chi connectivity index (χ1n) is 7.13. The average Bonchev–Trinajstić information content (AvgIpc) is 2.84. The lowest BCUT2D eigenvalue weighted by atomic mass is 9.94. The average molecular weight is 259 g/mol. The Labute approximate surface area is 119 Å². The number of hydrogen-bond donors (Lipinski definition) is 1. The van der Waals surface area contributed by atoms with Crippen LogP contribution in [0.5, 0.6) is 0 Å². The standard InChI is InChI=1S/C19H17N/c1-12-9-15(11-16(20)10-12)17-8-7-14-6-5-13-3-2-4-18(17)19(13)14/h2-4,7-11H,5-6,20H2,1H3. The van der Waals surface area contributed by atoms with E-state index < -0.39 is 0 Å². The smallest absolute Gasteiger partial charge is 0.0322 e. The van der Waals surface area contributed by atoms with Crippen LogP contribution < -0.4 is 5.73 Å². The van der Waals surface area contributed by atoms with Crippen LogP contribution in [0.25, 0.3) is 21.9 Å². The van der Waals surface area contributed by atoms with Crippen molar-refractivity contribution in [2.24, 2.45) is 0 Å². The molecule has 20 heavy (non-hydrogen) atoms. The molecule has 0 saturated carbocycles. The minimum absolute atomic E-state index is 0.836. The molecule has 2 N–H and O–H groups in total. The Kier molecular flexibility index (Phi) is 2.37. The predicted octanol–water partition coefficient (Wildman–Crippen LogP) is 4.50. The van der Waals surface area contributed by atoms with Gasteiger partial charge in [-0.1, -0.05) is 36.4 Å². The van der Waals surface area contributed by atoms with Gasteiger partial charge in [-0.05, 0) is 70.5 Å². The summed E-state index contributed by atoms with van der Waals surface area (Å²) in [6.45, 7) is 2.10. The van der Waals surface area contributed by atoms with Crippen LogP contribution in [0.2, 0.25) is 0 Å². The molecular formula is C19H17N. The van der Waals surface area contributed by atoms with E-state index in [1.807, 2.05) is 6.07 Å². The molecule has 0 fully saturated rings. The molecule has 1 heteroatoms. The molecule has 0 atom stereocenters. The largest absolute Gasteiger partial charge is 0.399 e. The van der Waals surface area contributed by atoms with Gasteiger partial charge < -0.3 is 5.73 Å². The molecule has 0 amide bonds. The number of rotatable bonds is 1. The highest BCUT2D eigenvalue weighted by Gasteiger charge is 2.16. The Morgan fingerprint density at radius 3 is 2.50 bits per heavy atom. The fraction of sp³-hybridized carbons (Fsp3) is 0.158. The van der Waals surface area contributed by atoms with Crippen molar-refractivity contribution in [3.05, 3.63) is 65.2 Å². The fourth-order valence-electron chi connectivity index (χ4n) is 3.47. The van der Waals surface area contributed by atoms with E-state index in [0.717, 1.165) is 5.69 Å². The summed E-state index contributed by atoms with van der Waals surface area (Å²) in [5.41, 5.74) is 13.5. The van der Waals surface area contributed by atoms with Gasteiger partial charge in [0.1, 0.15) is 0 Å². The van der Waals surface area contributed by atoms with Crippen LogP contribution in [0.15, 0.2) is 48.5 Å². The quantitative estimate of drug-likeness (QED) is 0.640. The Morgan fingerprint density at radius 1 is 0.900 bits per heavy atom. The van der Waals surface area contributed by atoms with Crippen LogP contribution >= 0.6 is 0 Å². The van der Waals surface area contributed by atoms with Gasteiger partial charge in [0.05, 0.1) is 0 Å². The minimum atomic E-state index is 0.836. The van der Waals surface area contributed by atoms with Crippen LogP contribution in [0, 0.1) is 6.92 Å². The van der Waals surface area contributed by atoms with Gasteiger partial charge in [0.15, 0.2) is 0 Å². The summed E-state index contributed by atoms with van der Waals surface area (Å²) in [5, 5.41) is 2.83. The van der Waals surface area contributed by atoms with Crippen LogP contribution in [0.4, 0.5) is 5.69 Å². The van der Waals surface area contributed by atoms with Crippen molar-refractivity contribution in [3.63, 3.8) is 0 Å². The summed E-state index contributed by atoms with van der Waals surface area (Å²) in [6.07, 6.45) is 2.35. The maximum Gasteiger partial charge on any atom is 0.0322 e. The summed E-state index contributed by atoms with van der Waals surface area (Å²) in [4.78, 5) is 0. The second-order valence-corrected chi connectivity index (χ2v) is 5.74. The molecule has 1 nitrogen and oxygen atoms in total. The molecule has 0 unspecified atom stereocenters. The van der Waals surface area contributed by atoms with Crippen molar-refractivity contribution in [2.75, 3.05) is 5.73 Å². The van der Waals surface area contributed by atoms with Crippen molar-refractivity contribution in [1.82, 2.24) is 0 Å². The second kappa shape index (κ2) is 4.11. The Bertz CT molecular complexity index is 800. The van der Waals surface area contributed by atoms with E-state index in [9.17, 15) is 0 Å². The van der Waals surface area contributed by atoms with Crippen molar-refractivity contribution >= 4 is 16.5 Å². The highest BCUT2D eigenvalue weighted by molar-refractivity contribution is 6.01. The van der Waals surface area contributed by atoms with E-state index >= 15 is 0 Å². The number of nitrogen functional groups attached to an aromatic ring is 1. The van der Waals surface area contributed by atoms with Crippen molar-refractivity contribution < 1.29 is 0 Å². The van der Waals surface area contributed by atoms with E-state index in [0.29, 0.717) is 0 Å². The molecule has 3 aromatic carbocycles. The molecule has 0 heterocycles. The van der Waals surface area contributed by atoms with Gasteiger partial charge >= 0.3 is 0 Å². The Morgan fingerprint density at radius 2 is 1.70 bits per heavy atom. The second-order valence-electron chi connectivity index (χ2n) is 5.74. The van der Waals surface area contributed by atoms with E-state index in [1.165, 1.54) is 51.4 Å². The zero-order valence-corrected chi connectivity index (χ0v) is 11.6. The summed E-state index contributed by atoms with van der Waals surface area (Å²) in [6, 6.07) is 17.5.